The van der Waals surface area contributed by atoms with E-state index >= 15 is 0 Å². The fraction of sp³-hybridized carbons (Fsp3) is 0.303. The molecule has 0 amide bonds. The first-order valence-corrected chi connectivity index (χ1v) is 16.8. The van der Waals surface area contributed by atoms with Gasteiger partial charge in [0.05, 0.1) is 16.8 Å². The summed E-state index contributed by atoms with van der Waals surface area (Å²) in [5.41, 5.74) is 9.22. The van der Waals surface area contributed by atoms with Crippen molar-refractivity contribution < 1.29 is 8.42 Å². The lowest BCUT2D eigenvalue weighted by Crippen LogP contribution is -2.45. The van der Waals surface area contributed by atoms with Crippen molar-refractivity contribution >= 4 is 39.1 Å². The summed E-state index contributed by atoms with van der Waals surface area (Å²) >= 11 is 12.5. The van der Waals surface area contributed by atoms with Crippen molar-refractivity contribution in [1.29, 1.82) is 5.41 Å². The average Bonchev–Trinajstić information content (AvgIpc) is 3.00. The van der Waals surface area contributed by atoms with Crippen LogP contribution in [-0.4, -0.2) is 51.9 Å². The van der Waals surface area contributed by atoms with Gasteiger partial charge in [0.25, 0.3) is 0 Å². The third-order valence-corrected chi connectivity index (χ3v) is 9.99. The second-order valence-electron chi connectivity index (χ2n) is 11.0. The van der Waals surface area contributed by atoms with E-state index in [4.69, 9.17) is 34.3 Å². The first-order valence-electron chi connectivity index (χ1n) is 14.5. The summed E-state index contributed by atoms with van der Waals surface area (Å²) < 4.78 is 30.7. The highest BCUT2D eigenvalue weighted by Crippen LogP contribution is 2.32. The summed E-state index contributed by atoms with van der Waals surface area (Å²) in [7, 11) is -2.13. The lowest BCUT2D eigenvalue weighted by Gasteiger charge is -2.38. The Labute approximate surface area is 270 Å². The molecule has 234 valence electrons. The molecule has 0 saturated carbocycles. The molecular weight excluding hydrogens is 615 g/mol. The molecule has 1 saturated heterocycles. The number of nitrogens with one attached hydrogen (secondary N) is 4. The molecule has 0 spiro atoms. The van der Waals surface area contributed by atoms with Crippen LogP contribution in [0.1, 0.15) is 30.4 Å². The van der Waals surface area contributed by atoms with E-state index in [9.17, 15) is 8.42 Å². The molecule has 0 radical (unpaired) electrons. The van der Waals surface area contributed by atoms with Crippen molar-refractivity contribution in [3.63, 3.8) is 0 Å². The molecule has 6 N–H and O–H groups in total. The topological polar surface area (TPSA) is 123 Å². The monoisotopic (exact) mass is 654 g/mol. The van der Waals surface area contributed by atoms with E-state index in [1.807, 2.05) is 31.3 Å². The Kier molecular flexibility index (Phi) is 11.4. The van der Waals surface area contributed by atoms with Crippen molar-refractivity contribution in [2.45, 2.75) is 36.6 Å². The summed E-state index contributed by atoms with van der Waals surface area (Å²) in [5, 5.41) is 15.1. The Morgan fingerprint density at radius 1 is 1.07 bits per heavy atom. The molecule has 4 rings (SSSR count). The van der Waals surface area contributed by atoms with Crippen LogP contribution in [0.25, 0.3) is 11.1 Å². The molecule has 1 atom stereocenters. The van der Waals surface area contributed by atoms with Gasteiger partial charge >= 0.3 is 0 Å². The molecule has 1 heterocycles. The van der Waals surface area contributed by atoms with Gasteiger partial charge in [0.1, 0.15) is 5.84 Å². The van der Waals surface area contributed by atoms with Crippen LogP contribution in [0.3, 0.4) is 0 Å². The van der Waals surface area contributed by atoms with Crippen molar-refractivity contribution in [2.75, 3.05) is 26.7 Å². The minimum Gasteiger partial charge on any atom is -0.384 e. The summed E-state index contributed by atoms with van der Waals surface area (Å²) in [4.78, 5) is 2.30. The average molecular weight is 656 g/mol. The summed E-state index contributed by atoms with van der Waals surface area (Å²) in [5.74, 6) is 1.32. The van der Waals surface area contributed by atoms with E-state index in [1.165, 1.54) is 0 Å². The molecule has 0 unspecified atom stereocenters. The number of nitrogens with two attached hydrogens (primary N) is 1. The summed E-state index contributed by atoms with van der Waals surface area (Å²) in [6.07, 6.45) is 3.34. The fourth-order valence-corrected chi connectivity index (χ4v) is 7.17. The van der Waals surface area contributed by atoms with Gasteiger partial charge in [0.2, 0.25) is 10.0 Å². The normalized spacial score (nSPS) is 14.6. The quantitative estimate of drug-likeness (QED) is 0.112. The molecule has 3 aromatic carbocycles. The first-order chi connectivity index (χ1) is 21.0. The number of hydrogen-bond acceptors (Lipinski definition) is 6. The maximum atomic E-state index is 13.9. The zero-order valence-electron chi connectivity index (χ0n) is 24.9. The highest BCUT2D eigenvalue weighted by molar-refractivity contribution is 7.89. The zero-order valence-corrected chi connectivity index (χ0v) is 27.2. The van der Waals surface area contributed by atoms with Gasteiger partial charge < -0.3 is 21.3 Å². The summed E-state index contributed by atoms with van der Waals surface area (Å²) in [6.45, 7) is 10.7. The smallest absolute Gasteiger partial charge is 0.241 e. The van der Waals surface area contributed by atoms with Crippen LogP contribution in [-0.2, 0) is 16.4 Å². The number of piperidine rings is 1. The van der Waals surface area contributed by atoms with Gasteiger partial charge in [-0.1, -0.05) is 72.8 Å². The minimum atomic E-state index is -3.97. The predicted octanol–water partition coefficient (Wildman–Crippen LogP) is 5.73. The van der Waals surface area contributed by atoms with Crippen molar-refractivity contribution in [3.05, 3.63) is 113 Å². The molecule has 8 nitrogen and oxygen atoms in total. The standard InChI is InChI=1S/C33H40Cl2N6O2S/c1-22(41-16-13-24(14-17-41)12-15-39-23(2)38-3)32(19-25-6-4-8-27(18-25)33(36)37)40-44(42,43)29-9-5-7-26(20-29)30-11-10-28(34)21-31(30)35/h4-11,18,20-21,24,32,38-40H,1-2,12-17,19H2,3H3,(H3,36,37)/t32-/m0/s1. The number of halogens is 2. The van der Waals surface area contributed by atoms with Crippen LogP contribution in [0, 0.1) is 11.3 Å². The highest BCUT2D eigenvalue weighted by atomic mass is 35.5. The predicted molar refractivity (Wildman–Crippen MR) is 181 cm³/mol. The molecule has 0 aromatic heterocycles. The van der Waals surface area contributed by atoms with Crippen molar-refractivity contribution in [1.82, 2.24) is 20.3 Å². The van der Waals surface area contributed by atoms with Gasteiger partial charge in [-0.05, 0) is 73.1 Å². The van der Waals surface area contributed by atoms with E-state index in [-0.39, 0.29) is 10.7 Å². The molecule has 1 fully saturated rings. The summed E-state index contributed by atoms with van der Waals surface area (Å²) in [6, 6.07) is 18.5. The SMILES string of the molecule is C=C(NC)NCCC1CCN(C(=C)[C@H](Cc2cccc(C(=N)N)c2)NS(=O)(=O)c2cccc(-c3ccc(Cl)cc3Cl)c2)CC1. The minimum absolute atomic E-state index is 0.0460. The maximum absolute atomic E-state index is 13.9. The van der Waals surface area contributed by atoms with Crippen LogP contribution in [0.4, 0.5) is 0 Å². The Hall–Kier alpha value is -3.50. The highest BCUT2D eigenvalue weighted by Gasteiger charge is 2.28. The lowest BCUT2D eigenvalue weighted by molar-refractivity contribution is 0.208. The Balaban J connectivity index is 1.55. The maximum Gasteiger partial charge on any atom is 0.241 e. The molecule has 11 heteroatoms. The third-order valence-electron chi connectivity index (χ3n) is 7.98. The van der Waals surface area contributed by atoms with E-state index < -0.39 is 16.1 Å². The van der Waals surface area contributed by atoms with E-state index in [0.29, 0.717) is 44.8 Å². The van der Waals surface area contributed by atoms with Gasteiger partial charge in [-0.25, -0.2) is 13.1 Å². The molecule has 1 aliphatic heterocycles. The number of amidine groups is 1. The first kappa shape index (κ1) is 33.4. The zero-order chi connectivity index (χ0) is 31.9. The van der Waals surface area contributed by atoms with E-state index in [2.05, 4.69) is 33.4 Å². The fourth-order valence-electron chi connectivity index (χ4n) is 5.38. The molecule has 0 aliphatic carbocycles. The van der Waals surface area contributed by atoms with Crippen molar-refractivity contribution in [2.24, 2.45) is 11.7 Å². The molecule has 0 bridgehead atoms. The molecule has 44 heavy (non-hydrogen) atoms. The van der Waals surface area contributed by atoms with Crippen LogP contribution < -0.4 is 21.1 Å². The van der Waals surface area contributed by atoms with Gasteiger partial charge in [-0.3, -0.25) is 5.41 Å². The third kappa shape index (κ3) is 8.79. The van der Waals surface area contributed by atoms with Gasteiger partial charge in [-0.2, -0.15) is 0 Å². The largest absolute Gasteiger partial charge is 0.384 e. The molecule has 3 aromatic rings. The van der Waals surface area contributed by atoms with Crippen LogP contribution in [0.2, 0.25) is 10.0 Å². The number of likely N-dealkylation sites (tertiary alicyclic amines) is 1. The molecule has 1 aliphatic rings. The number of nitrogens with zero attached hydrogens (tertiary/aromatic N) is 1. The van der Waals surface area contributed by atoms with Gasteiger partial charge in [-0.15, -0.1) is 0 Å². The van der Waals surface area contributed by atoms with Crippen LogP contribution in [0.5, 0.6) is 0 Å². The number of benzene rings is 3. The Bertz CT molecular complexity index is 1620. The second kappa shape index (κ2) is 15.0. The van der Waals surface area contributed by atoms with Crippen molar-refractivity contribution in [3.8, 4) is 11.1 Å². The molecular formula is C33H40Cl2N6O2S. The van der Waals surface area contributed by atoms with Crippen LogP contribution in [0.15, 0.2) is 96.3 Å². The van der Waals surface area contributed by atoms with Crippen LogP contribution >= 0.6 is 23.2 Å². The Morgan fingerprint density at radius 3 is 2.48 bits per heavy atom. The number of rotatable bonds is 14. The number of hydrogen-bond donors (Lipinski definition) is 5. The van der Waals surface area contributed by atoms with Gasteiger partial charge in [0.15, 0.2) is 0 Å². The number of sulfonamides is 1. The lowest BCUT2D eigenvalue weighted by atomic mass is 9.92. The van der Waals surface area contributed by atoms with E-state index in [0.717, 1.165) is 50.3 Å². The number of nitrogen functional groups attached to an aromatic ring is 1. The Morgan fingerprint density at radius 2 is 1.80 bits per heavy atom. The second-order valence-corrected chi connectivity index (χ2v) is 13.6. The van der Waals surface area contributed by atoms with E-state index in [1.54, 1.807) is 42.5 Å². The van der Waals surface area contributed by atoms with Gasteiger partial charge in [0, 0.05) is 53.6 Å².